The topological polar surface area (TPSA) is 79.3 Å². The maximum absolute atomic E-state index is 12.1. The van der Waals surface area contributed by atoms with E-state index in [-0.39, 0.29) is 11.5 Å². The molecule has 2 rings (SSSR count). The van der Waals surface area contributed by atoms with Crippen LogP contribution in [0.1, 0.15) is 36.9 Å². The van der Waals surface area contributed by atoms with Crippen molar-refractivity contribution in [1.29, 1.82) is 0 Å². The number of thiazole rings is 1. The Labute approximate surface area is 120 Å². The first-order valence-electron chi connectivity index (χ1n) is 5.96. The molecule has 0 aliphatic carbocycles. The molecular weight excluding hydrogens is 276 g/mol. The molecule has 0 aliphatic heterocycles. The summed E-state index contributed by atoms with van der Waals surface area (Å²) >= 11 is 1.26. The number of nitrogens with zero attached hydrogens (tertiary/aromatic N) is 1. The van der Waals surface area contributed by atoms with Crippen molar-refractivity contribution in [3.63, 3.8) is 0 Å². The molecular formula is C14H14N2O3S. The molecule has 6 heteroatoms. The van der Waals surface area contributed by atoms with Crippen molar-refractivity contribution in [2.45, 2.75) is 20.8 Å². The van der Waals surface area contributed by atoms with Crippen LogP contribution in [0.3, 0.4) is 0 Å². The van der Waals surface area contributed by atoms with Crippen LogP contribution < -0.4 is 5.32 Å². The number of rotatable bonds is 3. The van der Waals surface area contributed by atoms with Gasteiger partial charge in [0, 0.05) is 5.69 Å². The summed E-state index contributed by atoms with van der Waals surface area (Å²) in [6.45, 7) is 5.32. The van der Waals surface area contributed by atoms with E-state index in [2.05, 4.69) is 10.3 Å². The number of benzene rings is 1. The number of amides is 1. The van der Waals surface area contributed by atoms with Crippen molar-refractivity contribution in [1.82, 2.24) is 4.98 Å². The van der Waals surface area contributed by atoms with Crippen molar-refractivity contribution in [2.24, 2.45) is 0 Å². The molecule has 104 valence electrons. The molecule has 1 aromatic heterocycles. The van der Waals surface area contributed by atoms with E-state index in [0.717, 1.165) is 5.56 Å². The summed E-state index contributed by atoms with van der Waals surface area (Å²) in [5.41, 5.74) is 4.46. The zero-order valence-electron chi connectivity index (χ0n) is 11.4. The van der Waals surface area contributed by atoms with Crippen molar-refractivity contribution < 1.29 is 14.7 Å². The molecule has 0 bridgehead atoms. The van der Waals surface area contributed by atoms with Gasteiger partial charge in [0.15, 0.2) is 0 Å². The molecule has 20 heavy (non-hydrogen) atoms. The lowest BCUT2D eigenvalue weighted by Gasteiger charge is -2.10. The van der Waals surface area contributed by atoms with Crippen molar-refractivity contribution >= 4 is 28.9 Å². The minimum absolute atomic E-state index is 0.196. The van der Waals surface area contributed by atoms with Crippen molar-refractivity contribution in [2.75, 3.05) is 5.32 Å². The molecule has 0 aliphatic rings. The van der Waals surface area contributed by atoms with Crippen molar-refractivity contribution in [3.05, 3.63) is 44.9 Å². The molecule has 0 spiro atoms. The lowest BCUT2D eigenvalue weighted by atomic mass is 10.0. The SMILES string of the molecule is Cc1cc(NC(=O)c2scnc2C)cc(C(=O)O)c1C. The summed E-state index contributed by atoms with van der Waals surface area (Å²) in [5.74, 6) is -1.28. The van der Waals surface area contributed by atoms with Crippen LogP contribution in [0.15, 0.2) is 17.6 Å². The highest BCUT2D eigenvalue weighted by Gasteiger charge is 2.15. The molecule has 5 nitrogen and oxygen atoms in total. The zero-order chi connectivity index (χ0) is 14.9. The smallest absolute Gasteiger partial charge is 0.336 e. The fourth-order valence-corrected chi connectivity index (χ4v) is 2.56. The largest absolute Gasteiger partial charge is 0.478 e. The highest BCUT2D eigenvalue weighted by atomic mass is 32.1. The van der Waals surface area contributed by atoms with E-state index in [1.54, 1.807) is 25.4 Å². The van der Waals surface area contributed by atoms with E-state index in [9.17, 15) is 9.59 Å². The molecule has 1 heterocycles. The van der Waals surface area contributed by atoms with Crippen LogP contribution >= 0.6 is 11.3 Å². The summed E-state index contributed by atoms with van der Waals surface area (Å²) in [7, 11) is 0. The summed E-state index contributed by atoms with van der Waals surface area (Å²) in [4.78, 5) is 27.8. The number of carbonyl (C=O) groups excluding carboxylic acids is 1. The fourth-order valence-electron chi connectivity index (χ4n) is 1.86. The summed E-state index contributed by atoms with van der Waals surface area (Å²) in [5, 5.41) is 11.9. The second kappa shape index (κ2) is 5.42. The van der Waals surface area contributed by atoms with Crippen LogP contribution in [0.25, 0.3) is 0 Å². The van der Waals surface area contributed by atoms with Crippen LogP contribution in [0.5, 0.6) is 0 Å². The number of carboxylic acid groups (broad SMARTS) is 1. The normalized spacial score (nSPS) is 10.3. The third kappa shape index (κ3) is 2.70. The summed E-state index contributed by atoms with van der Waals surface area (Å²) in [6.07, 6.45) is 0. The molecule has 2 N–H and O–H groups in total. The van der Waals surface area contributed by atoms with Gasteiger partial charge in [-0.05, 0) is 44.0 Å². The molecule has 0 atom stereocenters. The van der Waals surface area contributed by atoms with E-state index < -0.39 is 5.97 Å². The Morgan fingerprint density at radius 2 is 1.95 bits per heavy atom. The number of carboxylic acids is 1. The number of hydrogen-bond donors (Lipinski definition) is 2. The Balaban J connectivity index is 2.33. The number of aryl methyl sites for hydroxylation is 2. The Morgan fingerprint density at radius 1 is 1.25 bits per heavy atom. The van der Waals surface area contributed by atoms with Crippen LogP contribution in [0, 0.1) is 20.8 Å². The molecule has 0 radical (unpaired) electrons. The Morgan fingerprint density at radius 3 is 2.50 bits per heavy atom. The van der Waals surface area contributed by atoms with Gasteiger partial charge in [-0.25, -0.2) is 9.78 Å². The van der Waals surface area contributed by atoms with Crippen molar-refractivity contribution in [3.8, 4) is 0 Å². The van der Waals surface area contributed by atoms with Gasteiger partial charge in [-0.3, -0.25) is 4.79 Å². The van der Waals surface area contributed by atoms with Crippen LogP contribution in [-0.4, -0.2) is 22.0 Å². The monoisotopic (exact) mass is 290 g/mol. The number of hydrogen-bond acceptors (Lipinski definition) is 4. The van der Waals surface area contributed by atoms with Crippen LogP contribution in [0.4, 0.5) is 5.69 Å². The first kappa shape index (κ1) is 14.2. The highest BCUT2D eigenvalue weighted by molar-refractivity contribution is 7.12. The molecule has 0 fully saturated rings. The van der Waals surface area contributed by atoms with Crippen LogP contribution in [0.2, 0.25) is 0 Å². The number of aromatic nitrogens is 1. The third-order valence-electron chi connectivity index (χ3n) is 3.11. The minimum Gasteiger partial charge on any atom is -0.478 e. The van der Waals surface area contributed by atoms with Gasteiger partial charge < -0.3 is 10.4 Å². The maximum atomic E-state index is 12.1. The molecule has 1 amide bonds. The van der Waals surface area contributed by atoms with E-state index in [1.807, 2.05) is 6.92 Å². The van der Waals surface area contributed by atoms with Gasteiger partial charge in [0.1, 0.15) is 4.88 Å². The van der Waals surface area contributed by atoms with Gasteiger partial charge in [0.05, 0.1) is 16.8 Å². The Kier molecular flexibility index (Phi) is 3.85. The van der Waals surface area contributed by atoms with Gasteiger partial charge >= 0.3 is 5.97 Å². The second-order valence-corrected chi connectivity index (χ2v) is 5.35. The number of nitrogens with one attached hydrogen (secondary N) is 1. The zero-order valence-corrected chi connectivity index (χ0v) is 12.2. The number of carbonyl (C=O) groups is 2. The lowest BCUT2D eigenvalue weighted by molar-refractivity contribution is 0.0695. The molecule has 1 aromatic carbocycles. The second-order valence-electron chi connectivity index (χ2n) is 4.49. The first-order valence-corrected chi connectivity index (χ1v) is 6.84. The average molecular weight is 290 g/mol. The molecule has 2 aromatic rings. The van der Waals surface area contributed by atoms with E-state index >= 15 is 0 Å². The molecule has 0 saturated carbocycles. The fraction of sp³-hybridized carbons (Fsp3) is 0.214. The molecule has 0 saturated heterocycles. The lowest BCUT2D eigenvalue weighted by Crippen LogP contribution is -2.13. The van der Waals surface area contributed by atoms with Gasteiger partial charge in [0.2, 0.25) is 0 Å². The maximum Gasteiger partial charge on any atom is 0.336 e. The minimum atomic E-state index is -1.00. The predicted octanol–water partition coefficient (Wildman–Crippen LogP) is 3.02. The number of aromatic carboxylic acids is 1. The average Bonchev–Trinajstić information content (AvgIpc) is 2.79. The van der Waals surface area contributed by atoms with Gasteiger partial charge in [-0.2, -0.15) is 0 Å². The van der Waals surface area contributed by atoms with Gasteiger partial charge in [-0.1, -0.05) is 0 Å². The Hall–Kier alpha value is -2.21. The van der Waals surface area contributed by atoms with Gasteiger partial charge in [0.25, 0.3) is 5.91 Å². The van der Waals surface area contributed by atoms with Crippen LogP contribution in [-0.2, 0) is 0 Å². The van der Waals surface area contributed by atoms with E-state index in [1.165, 1.54) is 17.4 Å². The van der Waals surface area contributed by atoms with E-state index in [4.69, 9.17) is 5.11 Å². The van der Waals surface area contributed by atoms with E-state index in [0.29, 0.717) is 21.8 Å². The first-order chi connectivity index (χ1) is 9.40. The predicted molar refractivity (Wildman–Crippen MR) is 77.7 cm³/mol. The summed E-state index contributed by atoms with van der Waals surface area (Å²) < 4.78 is 0. The standard InChI is InChI=1S/C14H14N2O3S/c1-7-4-10(5-11(8(7)2)14(18)19)16-13(17)12-9(3)15-6-20-12/h4-6H,1-3H3,(H,16,17)(H,18,19). The molecule has 0 unspecified atom stereocenters. The highest BCUT2D eigenvalue weighted by Crippen LogP contribution is 2.21. The summed E-state index contributed by atoms with van der Waals surface area (Å²) in [6, 6.07) is 3.23. The van der Waals surface area contributed by atoms with Gasteiger partial charge in [-0.15, -0.1) is 11.3 Å². The number of anilines is 1. The quantitative estimate of drug-likeness (QED) is 0.910. The third-order valence-corrected chi connectivity index (χ3v) is 4.03. The Bertz CT molecular complexity index is 692.